The van der Waals surface area contributed by atoms with E-state index < -0.39 is 0 Å². The molecule has 8 heteroatoms. The van der Waals surface area contributed by atoms with Crippen LogP contribution in [-0.4, -0.2) is 52.5 Å². The molecule has 2 aromatic carbocycles. The van der Waals surface area contributed by atoms with Gasteiger partial charge in [-0.15, -0.1) is 6.58 Å². The van der Waals surface area contributed by atoms with Gasteiger partial charge in [-0.3, -0.25) is 0 Å². The molecule has 1 aliphatic heterocycles. The predicted octanol–water partition coefficient (Wildman–Crippen LogP) is 7.34. The van der Waals surface area contributed by atoms with Crippen molar-refractivity contribution in [1.82, 2.24) is 20.2 Å². The zero-order valence-electron chi connectivity index (χ0n) is 24.1. The summed E-state index contributed by atoms with van der Waals surface area (Å²) in [6.45, 7) is 16.3. The van der Waals surface area contributed by atoms with Gasteiger partial charge in [-0.05, 0) is 79.3 Å². The highest BCUT2D eigenvalue weighted by molar-refractivity contribution is 6.35. The van der Waals surface area contributed by atoms with Crippen LogP contribution in [0.15, 0.2) is 54.0 Å². The lowest BCUT2D eigenvalue weighted by Gasteiger charge is -2.44. The Morgan fingerprint density at radius 1 is 1.20 bits per heavy atom. The number of hydrogen-bond donors (Lipinski definition) is 3. The molecule has 6 nitrogen and oxygen atoms in total. The smallest absolute Gasteiger partial charge is 0.198 e. The number of guanidine groups is 1. The number of aromatic nitrogens is 2. The molecule has 0 unspecified atom stereocenters. The molecule has 4 atom stereocenters. The van der Waals surface area contributed by atoms with Crippen LogP contribution in [0.5, 0.6) is 0 Å². The fourth-order valence-electron chi connectivity index (χ4n) is 6.36. The lowest BCUT2D eigenvalue weighted by Crippen LogP contribution is -2.53. The van der Waals surface area contributed by atoms with Gasteiger partial charge in [0.05, 0.1) is 17.1 Å². The first-order valence-electron chi connectivity index (χ1n) is 14.5. The Kier molecular flexibility index (Phi) is 8.79. The molecule has 0 spiro atoms. The number of aliphatic imine (C=N–C) groups is 1. The summed E-state index contributed by atoms with van der Waals surface area (Å²) in [7, 11) is 0. The molecule has 3 aromatic rings. The van der Waals surface area contributed by atoms with E-state index in [4.69, 9.17) is 33.2 Å². The number of benzene rings is 2. The maximum atomic E-state index is 6.38. The molecule has 1 aromatic heterocycles. The third kappa shape index (κ3) is 6.67. The lowest BCUT2D eigenvalue weighted by molar-refractivity contribution is 0.116. The number of anilines is 1. The van der Waals surface area contributed by atoms with Gasteiger partial charge in [0.2, 0.25) is 0 Å². The minimum atomic E-state index is 0.255. The maximum absolute atomic E-state index is 6.38. The summed E-state index contributed by atoms with van der Waals surface area (Å²) in [5.41, 5.74) is 4.30. The molecule has 1 saturated heterocycles. The highest BCUT2D eigenvalue weighted by atomic mass is 35.5. The SMILES string of the molecule is C=C[C@@H]1C[C@H](N=C(Nc2ccc3nc(CCc4ccc(Cl)cc4Cl)[nH]c3c2)N2CCN[C@@H](C)C2)[C@@H](C)CC1(C)C. The zero-order chi connectivity index (χ0) is 28.4. The van der Waals surface area contributed by atoms with Gasteiger partial charge in [0.25, 0.3) is 0 Å². The third-order valence-corrected chi connectivity index (χ3v) is 9.27. The molecule has 3 N–H and O–H groups in total. The Morgan fingerprint density at radius 3 is 2.77 bits per heavy atom. The van der Waals surface area contributed by atoms with E-state index in [2.05, 4.69) is 79.1 Å². The third-order valence-electron chi connectivity index (χ3n) is 8.68. The first-order chi connectivity index (χ1) is 19.1. The van der Waals surface area contributed by atoms with Crippen molar-refractivity contribution in [3.63, 3.8) is 0 Å². The van der Waals surface area contributed by atoms with Crippen molar-refractivity contribution in [2.75, 3.05) is 25.0 Å². The minimum absolute atomic E-state index is 0.255. The summed E-state index contributed by atoms with van der Waals surface area (Å²) < 4.78 is 0. The van der Waals surface area contributed by atoms with Crippen LogP contribution in [0.4, 0.5) is 5.69 Å². The Balaban J connectivity index is 1.36. The Bertz CT molecular complexity index is 1380. The van der Waals surface area contributed by atoms with Crippen LogP contribution in [0, 0.1) is 17.3 Å². The highest BCUT2D eigenvalue weighted by Gasteiger charge is 2.39. The predicted molar refractivity (Wildman–Crippen MR) is 170 cm³/mol. The summed E-state index contributed by atoms with van der Waals surface area (Å²) in [5.74, 6) is 2.87. The first kappa shape index (κ1) is 29.0. The number of piperazine rings is 1. The molecule has 0 amide bonds. The van der Waals surface area contributed by atoms with Gasteiger partial charge in [-0.1, -0.05) is 56.1 Å². The van der Waals surface area contributed by atoms with Crippen LogP contribution >= 0.6 is 23.2 Å². The van der Waals surface area contributed by atoms with E-state index in [1.807, 2.05) is 12.1 Å². The summed E-state index contributed by atoms with van der Waals surface area (Å²) in [5, 5.41) is 8.61. The number of hydrogen-bond acceptors (Lipinski definition) is 3. The van der Waals surface area contributed by atoms with Crippen LogP contribution in [0.2, 0.25) is 10.0 Å². The molecule has 2 aliphatic rings. The summed E-state index contributed by atoms with van der Waals surface area (Å²) >= 11 is 12.4. The molecule has 0 bridgehead atoms. The monoisotopic (exact) mass is 580 g/mol. The highest BCUT2D eigenvalue weighted by Crippen LogP contribution is 2.45. The maximum Gasteiger partial charge on any atom is 0.198 e. The van der Waals surface area contributed by atoms with Gasteiger partial charge < -0.3 is 20.5 Å². The number of aromatic amines is 1. The summed E-state index contributed by atoms with van der Waals surface area (Å²) in [4.78, 5) is 16.1. The van der Waals surface area contributed by atoms with Crippen LogP contribution in [0.1, 0.15) is 51.9 Å². The number of aryl methyl sites for hydroxylation is 2. The minimum Gasteiger partial charge on any atom is -0.342 e. The molecule has 40 heavy (non-hydrogen) atoms. The van der Waals surface area contributed by atoms with E-state index >= 15 is 0 Å². The van der Waals surface area contributed by atoms with Gasteiger partial charge in [0.1, 0.15) is 5.82 Å². The van der Waals surface area contributed by atoms with Gasteiger partial charge in [0.15, 0.2) is 5.96 Å². The van der Waals surface area contributed by atoms with Gasteiger partial charge in [0, 0.05) is 47.8 Å². The Hall–Kier alpha value is -2.54. The number of rotatable bonds is 6. The number of imidazole rings is 1. The summed E-state index contributed by atoms with van der Waals surface area (Å²) in [6.07, 6.45) is 5.88. The average molecular weight is 582 g/mol. The van der Waals surface area contributed by atoms with Crippen LogP contribution in [0.3, 0.4) is 0 Å². The second kappa shape index (κ2) is 12.1. The Labute approximate surface area is 248 Å². The quantitative estimate of drug-likeness (QED) is 0.162. The lowest BCUT2D eigenvalue weighted by atomic mass is 9.64. The van der Waals surface area contributed by atoms with Crippen molar-refractivity contribution in [2.24, 2.45) is 22.2 Å². The van der Waals surface area contributed by atoms with Crippen molar-refractivity contribution in [3.8, 4) is 0 Å². The molecule has 2 fully saturated rings. The fourth-order valence-corrected chi connectivity index (χ4v) is 6.87. The summed E-state index contributed by atoms with van der Waals surface area (Å²) in [6, 6.07) is 12.6. The molecule has 1 aliphatic carbocycles. The van der Waals surface area contributed by atoms with E-state index in [-0.39, 0.29) is 11.5 Å². The van der Waals surface area contributed by atoms with E-state index in [1.54, 1.807) is 6.07 Å². The zero-order valence-corrected chi connectivity index (χ0v) is 25.6. The molecule has 5 rings (SSSR count). The Morgan fingerprint density at radius 2 is 2.02 bits per heavy atom. The number of fused-ring (bicyclic) bond motifs is 1. The number of halogens is 2. The molecular weight excluding hydrogens is 539 g/mol. The molecular formula is C32H42Cl2N6. The molecule has 1 saturated carbocycles. The second-order valence-corrected chi connectivity index (χ2v) is 13.2. The molecule has 214 valence electrons. The standard InChI is InChI=1S/C32H42Cl2N6/c1-6-23-15-28(20(2)18-32(23,4)5)39-31(40-14-13-35-21(3)19-40)36-25-10-11-27-29(17-25)38-30(37-27)12-8-22-7-9-24(33)16-26(22)34/h6-7,9-11,16-17,20-21,23,28,35H,1,8,12-15,18-19H2,2-5H3,(H,36,39)(H,37,38)/t20-,21-,23+,28-/m0/s1. The van der Waals surface area contributed by atoms with Gasteiger partial charge in [-0.25, -0.2) is 9.98 Å². The average Bonchev–Trinajstić information content (AvgIpc) is 3.31. The number of nitrogens with one attached hydrogen (secondary N) is 3. The molecule has 2 heterocycles. The van der Waals surface area contributed by atoms with E-state index in [0.29, 0.717) is 27.9 Å². The normalized spacial score (nSPS) is 25.2. The van der Waals surface area contributed by atoms with Crippen molar-refractivity contribution in [3.05, 3.63) is 70.5 Å². The molecule has 0 radical (unpaired) electrons. The largest absolute Gasteiger partial charge is 0.342 e. The van der Waals surface area contributed by atoms with Crippen LogP contribution in [-0.2, 0) is 12.8 Å². The van der Waals surface area contributed by atoms with Crippen molar-refractivity contribution >= 4 is 45.9 Å². The fraction of sp³-hybridized carbons (Fsp3) is 0.500. The van der Waals surface area contributed by atoms with Gasteiger partial charge in [-0.2, -0.15) is 0 Å². The van der Waals surface area contributed by atoms with E-state index in [0.717, 1.165) is 79.4 Å². The van der Waals surface area contributed by atoms with E-state index in [9.17, 15) is 0 Å². The van der Waals surface area contributed by atoms with Gasteiger partial charge >= 0.3 is 0 Å². The van der Waals surface area contributed by atoms with Crippen molar-refractivity contribution < 1.29 is 0 Å². The van der Waals surface area contributed by atoms with Crippen LogP contribution in [0.25, 0.3) is 11.0 Å². The topological polar surface area (TPSA) is 68.3 Å². The van der Waals surface area contributed by atoms with Crippen molar-refractivity contribution in [2.45, 2.75) is 65.5 Å². The number of nitrogens with zero attached hydrogens (tertiary/aromatic N) is 3. The second-order valence-electron chi connectivity index (χ2n) is 12.3. The number of allylic oxidation sites excluding steroid dienone is 1. The number of H-pyrrole nitrogens is 1. The van der Waals surface area contributed by atoms with E-state index in [1.165, 1.54) is 0 Å². The van der Waals surface area contributed by atoms with Crippen molar-refractivity contribution in [1.29, 1.82) is 0 Å². The van der Waals surface area contributed by atoms with Crippen LogP contribution < -0.4 is 10.6 Å². The first-order valence-corrected chi connectivity index (χ1v) is 15.2.